The molecule has 0 aliphatic rings. The fraction of sp³-hybridized carbons (Fsp3) is 0.0833. The fourth-order valence-electron chi connectivity index (χ4n) is 2.79. The lowest BCUT2D eigenvalue weighted by Gasteiger charge is -2.11. The van der Waals surface area contributed by atoms with Gasteiger partial charge in [0.05, 0.1) is 12.7 Å². The predicted molar refractivity (Wildman–Crippen MR) is 114 cm³/mol. The number of rotatable bonds is 6. The van der Waals surface area contributed by atoms with Crippen molar-refractivity contribution in [2.45, 2.75) is 6.92 Å². The zero-order valence-electron chi connectivity index (χ0n) is 16.2. The van der Waals surface area contributed by atoms with Crippen molar-refractivity contribution in [3.63, 3.8) is 0 Å². The third kappa shape index (κ3) is 5.32. The fourth-order valence-corrected chi connectivity index (χ4v) is 2.79. The molecule has 29 heavy (non-hydrogen) atoms. The highest BCUT2D eigenvalue weighted by molar-refractivity contribution is 6.22. The maximum atomic E-state index is 13.0. The van der Waals surface area contributed by atoms with Gasteiger partial charge in [-0.15, -0.1) is 0 Å². The van der Waals surface area contributed by atoms with E-state index in [0.717, 1.165) is 11.1 Å². The van der Waals surface area contributed by atoms with Gasteiger partial charge in [0, 0.05) is 18.2 Å². The molecule has 5 heteroatoms. The van der Waals surface area contributed by atoms with Crippen LogP contribution in [0.4, 0.5) is 5.69 Å². The van der Waals surface area contributed by atoms with Crippen LogP contribution in [0.25, 0.3) is 11.6 Å². The van der Waals surface area contributed by atoms with E-state index < -0.39 is 5.97 Å². The van der Waals surface area contributed by atoms with E-state index >= 15 is 0 Å². The second-order valence-corrected chi connectivity index (χ2v) is 6.26. The molecule has 0 unspecified atom stereocenters. The Hall–Kier alpha value is -3.86. The largest absolute Gasteiger partial charge is 0.496 e. The molecular formula is C24H21NO4. The normalized spacial score (nSPS) is 10.9. The van der Waals surface area contributed by atoms with E-state index in [2.05, 4.69) is 5.32 Å². The van der Waals surface area contributed by atoms with Gasteiger partial charge >= 0.3 is 5.97 Å². The second kappa shape index (κ2) is 9.37. The SMILES string of the molecule is COc1ccccc1/C=C(/C(=O)Oc1ccc(NC(C)=O)cc1)c1ccccc1. The lowest BCUT2D eigenvalue weighted by molar-refractivity contribution is -0.127. The predicted octanol–water partition coefficient (Wildman–Crippen LogP) is 4.80. The van der Waals surface area contributed by atoms with Gasteiger partial charge in [-0.2, -0.15) is 0 Å². The van der Waals surface area contributed by atoms with Gasteiger partial charge in [-0.1, -0.05) is 48.5 Å². The summed E-state index contributed by atoms with van der Waals surface area (Å²) < 4.78 is 11.0. The highest BCUT2D eigenvalue weighted by atomic mass is 16.5. The number of methoxy groups -OCH3 is 1. The average Bonchev–Trinajstić information content (AvgIpc) is 2.74. The molecule has 0 radical (unpaired) electrons. The van der Waals surface area contributed by atoms with Crippen molar-refractivity contribution >= 4 is 29.2 Å². The maximum absolute atomic E-state index is 13.0. The molecule has 0 aliphatic heterocycles. The molecule has 146 valence electrons. The standard InChI is InChI=1S/C24H21NO4/c1-17(26)25-20-12-14-21(15-13-20)29-24(27)22(18-8-4-3-5-9-18)16-19-10-6-7-11-23(19)28-2/h3-16H,1-2H3,(H,25,26)/b22-16+. The number of para-hydroxylation sites is 1. The first-order valence-electron chi connectivity index (χ1n) is 9.07. The number of carbonyl (C=O) groups excluding carboxylic acids is 2. The minimum atomic E-state index is -0.491. The van der Waals surface area contributed by atoms with Crippen molar-refractivity contribution in [2.75, 3.05) is 12.4 Å². The van der Waals surface area contributed by atoms with Crippen molar-refractivity contribution in [3.8, 4) is 11.5 Å². The third-order valence-corrected chi connectivity index (χ3v) is 4.13. The molecule has 1 N–H and O–H groups in total. The summed E-state index contributed by atoms with van der Waals surface area (Å²) in [7, 11) is 1.59. The summed E-state index contributed by atoms with van der Waals surface area (Å²) in [5.74, 6) is 0.384. The van der Waals surface area contributed by atoms with E-state index in [-0.39, 0.29) is 5.91 Å². The topological polar surface area (TPSA) is 64.6 Å². The number of hydrogen-bond donors (Lipinski definition) is 1. The molecule has 0 bridgehead atoms. The number of amides is 1. The molecular weight excluding hydrogens is 366 g/mol. The molecule has 5 nitrogen and oxygen atoms in total. The average molecular weight is 387 g/mol. The summed E-state index contributed by atoms with van der Waals surface area (Å²) in [5.41, 5.74) is 2.54. The number of benzene rings is 3. The van der Waals surface area contributed by atoms with Crippen LogP contribution in [0.3, 0.4) is 0 Å². The van der Waals surface area contributed by atoms with Gasteiger partial charge in [0.15, 0.2) is 0 Å². The first-order chi connectivity index (χ1) is 14.1. The summed E-state index contributed by atoms with van der Waals surface area (Å²) in [5, 5.41) is 2.67. The van der Waals surface area contributed by atoms with E-state index in [1.54, 1.807) is 37.5 Å². The van der Waals surface area contributed by atoms with Gasteiger partial charge in [-0.05, 0) is 42.0 Å². The number of hydrogen-bond acceptors (Lipinski definition) is 4. The highest BCUT2D eigenvalue weighted by Crippen LogP contribution is 2.26. The Morgan fingerprint density at radius 1 is 0.862 bits per heavy atom. The van der Waals surface area contributed by atoms with Gasteiger partial charge < -0.3 is 14.8 Å². The van der Waals surface area contributed by atoms with Gasteiger partial charge in [-0.3, -0.25) is 4.79 Å². The Labute approximate surface area is 169 Å². The Kier molecular flexibility index (Phi) is 6.43. The lowest BCUT2D eigenvalue weighted by atomic mass is 10.0. The number of carbonyl (C=O) groups is 2. The third-order valence-electron chi connectivity index (χ3n) is 4.13. The van der Waals surface area contributed by atoms with E-state index in [1.165, 1.54) is 6.92 Å². The van der Waals surface area contributed by atoms with Crippen LogP contribution in [0.5, 0.6) is 11.5 Å². The van der Waals surface area contributed by atoms with Gasteiger partial charge in [-0.25, -0.2) is 4.79 Å². The van der Waals surface area contributed by atoms with Crippen molar-refractivity contribution in [1.82, 2.24) is 0 Å². The summed E-state index contributed by atoms with van der Waals surface area (Å²) >= 11 is 0. The van der Waals surface area contributed by atoms with Crippen molar-refractivity contribution in [1.29, 1.82) is 0 Å². The summed E-state index contributed by atoms with van der Waals surface area (Å²) in [6.07, 6.45) is 1.75. The van der Waals surface area contributed by atoms with Crippen LogP contribution in [0.1, 0.15) is 18.1 Å². The van der Waals surface area contributed by atoms with Crippen LogP contribution < -0.4 is 14.8 Å². The quantitative estimate of drug-likeness (QED) is 0.286. The molecule has 0 saturated carbocycles. The lowest BCUT2D eigenvalue weighted by Crippen LogP contribution is -2.11. The van der Waals surface area contributed by atoms with Crippen LogP contribution in [-0.2, 0) is 9.59 Å². The molecule has 0 fully saturated rings. The minimum Gasteiger partial charge on any atom is -0.496 e. The molecule has 0 atom stereocenters. The van der Waals surface area contributed by atoms with Crippen LogP contribution in [-0.4, -0.2) is 19.0 Å². The Morgan fingerprint density at radius 3 is 2.17 bits per heavy atom. The Balaban J connectivity index is 1.91. The molecule has 3 aromatic carbocycles. The van der Waals surface area contributed by atoms with Crippen molar-refractivity contribution in [2.24, 2.45) is 0 Å². The number of anilines is 1. The number of nitrogens with one attached hydrogen (secondary N) is 1. The van der Waals surface area contributed by atoms with E-state index in [0.29, 0.717) is 22.8 Å². The molecule has 0 heterocycles. The molecule has 0 aliphatic carbocycles. The Bertz CT molecular complexity index is 1020. The molecule has 0 saturated heterocycles. The highest BCUT2D eigenvalue weighted by Gasteiger charge is 2.16. The summed E-state index contributed by atoms with van der Waals surface area (Å²) in [4.78, 5) is 24.1. The van der Waals surface area contributed by atoms with Crippen LogP contribution in [0, 0.1) is 0 Å². The Morgan fingerprint density at radius 2 is 1.52 bits per heavy atom. The monoisotopic (exact) mass is 387 g/mol. The van der Waals surface area contributed by atoms with Gasteiger partial charge in [0.1, 0.15) is 11.5 Å². The molecule has 0 spiro atoms. The van der Waals surface area contributed by atoms with E-state index in [9.17, 15) is 9.59 Å². The smallest absolute Gasteiger partial charge is 0.344 e. The zero-order chi connectivity index (χ0) is 20.6. The maximum Gasteiger partial charge on any atom is 0.344 e. The number of ether oxygens (including phenoxy) is 2. The summed E-state index contributed by atoms with van der Waals surface area (Å²) in [6.45, 7) is 1.43. The summed E-state index contributed by atoms with van der Waals surface area (Å²) in [6, 6.07) is 23.4. The molecule has 3 rings (SSSR count). The van der Waals surface area contributed by atoms with E-state index in [1.807, 2.05) is 54.6 Å². The molecule has 3 aromatic rings. The molecule has 0 aromatic heterocycles. The minimum absolute atomic E-state index is 0.166. The van der Waals surface area contributed by atoms with Gasteiger partial charge in [0.2, 0.25) is 5.91 Å². The van der Waals surface area contributed by atoms with E-state index in [4.69, 9.17) is 9.47 Å². The van der Waals surface area contributed by atoms with Crippen LogP contribution in [0.15, 0.2) is 78.9 Å². The zero-order valence-corrected chi connectivity index (χ0v) is 16.2. The molecule has 1 amide bonds. The second-order valence-electron chi connectivity index (χ2n) is 6.26. The van der Waals surface area contributed by atoms with Crippen LogP contribution in [0.2, 0.25) is 0 Å². The van der Waals surface area contributed by atoms with Gasteiger partial charge in [0.25, 0.3) is 0 Å². The van der Waals surface area contributed by atoms with Crippen molar-refractivity contribution < 1.29 is 19.1 Å². The first-order valence-corrected chi connectivity index (χ1v) is 9.07. The van der Waals surface area contributed by atoms with Crippen LogP contribution >= 0.6 is 0 Å². The van der Waals surface area contributed by atoms with Crippen molar-refractivity contribution in [3.05, 3.63) is 90.0 Å². The first kappa shape index (κ1) is 19.9. The number of esters is 1.